The van der Waals surface area contributed by atoms with Gasteiger partial charge in [0, 0.05) is 14.2 Å². The zero-order valence-electron chi connectivity index (χ0n) is 33.6. The number of aliphatic imine (C=N–C) groups is 1. The Labute approximate surface area is 327 Å². The van der Waals surface area contributed by atoms with Crippen LogP contribution in [0.2, 0.25) is 0 Å². The highest BCUT2D eigenvalue weighted by molar-refractivity contribution is 5.86. The van der Waals surface area contributed by atoms with Gasteiger partial charge in [-0.25, -0.2) is 19.8 Å². The van der Waals surface area contributed by atoms with Gasteiger partial charge in [0.15, 0.2) is 6.04 Å². The number of ether oxygens (including phenoxy) is 3. The third-order valence-corrected chi connectivity index (χ3v) is 9.46. The zero-order chi connectivity index (χ0) is 40.9. The molecule has 4 aromatic rings. The molecule has 16 nitrogen and oxygen atoms in total. The topological polar surface area (TPSA) is 203 Å². The van der Waals surface area contributed by atoms with Gasteiger partial charge in [0.2, 0.25) is 18.2 Å². The Hall–Kier alpha value is -5.58. The minimum Gasteiger partial charge on any atom is -0.453 e. The summed E-state index contributed by atoms with van der Waals surface area (Å²) in [5.74, 6) is 0.449. The maximum atomic E-state index is 13.3. The third kappa shape index (κ3) is 11.0. The van der Waals surface area contributed by atoms with Crippen LogP contribution in [-0.2, 0) is 33.6 Å². The molecule has 0 spiro atoms. The number of hydrogen-bond donors (Lipinski definition) is 5. The summed E-state index contributed by atoms with van der Waals surface area (Å²) in [6.07, 6.45) is 2.73. The fraction of sp³-hybridized carbons (Fsp3) is 0.450. The van der Waals surface area contributed by atoms with Crippen LogP contribution in [-0.4, -0.2) is 97.0 Å². The van der Waals surface area contributed by atoms with Gasteiger partial charge in [-0.15, -0.1) is 0 Å². The number of benzene rings is 2. The molecule has 0 radical (unpaired) electrons. The van der Waals surface area contributed by atoms with Crippen molar-refractivity contribution >= 4 is 24.3 Å². The van der Waals surface area contributed by atoms with Crippen LogP contribution in [0.1, 0.15) is 65.3 Å². The predicted octanol–water partition coefficient (Wildman–Crippen LogP) is 5.53. The first kappa shape index (κ1) is 43.2. The van der Waals surface area contributed by atoms with E-state index in [4.69, 9.17) is 19.1 Å². The van der Waals surface area contributed by atoms with Crippen LogP contribution >= 0.6 is 0 Å². The summed E-state index contributed by atoms with van der Waals surface area (Å²) in [7, 11) is 5.56. The lowest BCUT2D eigenvalue weighted by Crippen LogP contribution is -2.54. The van der Waals surface area contributed by atoms with Crippen molar-refractivity contribution in [3.8, 4) is 33.6 Å². The number of aromatic nitrogens is 4. The number of alkyl carbamates (subject to hydrolysis) is 1. The van der Waals surface area contributed by atoms with E-state index in [9.17, 15) is 14.4 Å². The zero-order valence-corrected chi connectivity index (χ0v) is 33.6. The molecular weight excluding hydrogens is 720 g/mol. The lowest BCUT2D eigenvalue weighted by Gasteiger charge is -2.27. The first-order valence-corrected chi connectivity index (χ1v) is 18.3. The summed E-state index contributed by atoms with van der Waals surface area (Å²) in [5.41, 5.74) is 5.51. The number of H-pyrrole nitrogens is 2. The molecule has 16 heteroatoms. The van der Waals surface area contributed by atoms with Gasteiger partial charge >= 0.3 is 6.09 Å². The number of amides is 3. The van der Waals surface area contributed by atoms with Gasteiger partial charge in [0.25, 0.3) is 0 Å². The molecule has 56 heavy (non-hydrogen) atoms. The first-order valence-electron chi connectivity index (χ1n) is 18.3. The van der Waals surface area contributed by atoms with Gasteiger partial charge in [-0.1, -0.05) is 76.2 Å². The molecule has 4 rings (SSSR count). The Morgan fingerprint density at radius 2 is 1.09 bits per heavy atom. The maximum absolute atomic E-state index is 13.3. The van der Waals surface area contributed by atoms with E-state index >= 15 is 0 Å². The van der Waals surface area contributed by atoms with E-state index in [1.807, 2.05) is 76.2 Å². The highest BCUT2D eigenvalue weighted by atomic mass is 17.2. The molecule has 0 aliphatic heterocycles. The summed E-state index contributed by atoms with van der Waals surface area (Å²) in [6, 6.07) is 13.5. The van der Waals surface area contributed by atoms with Crippen LogP contribution in [0.3, 0.4) is 0 Å². The monoisotopic (exact) mass is 774 g/mol. The van der Waals surface area contributed by atoms with E-state index in [0.717, 1.165) is 40.0 Å². The molecule has 0 bridgehead atoms. The number of imidazole rings is 2. The summed E-state index contributed by atoms with van der Waals surface area (Å²) < 4.78 is 15.4. The maximum Gasteiger partial charge on any atom is 0.407 e. The van der Waals surface area contributed by atoms with E-state index in [1.54, 1.807) is 26.2 Å². The summed E-state index contributed by atoms with van der Waals surface area (Å²) in [6.45, 7) is 11.4. The quantitative estimate of drug-likeness (QED) is 0.0349. The first-order chi connectivity index (χ1) is 26.8. The Morgan fingerprint density at radius 1 is 0.643 bits per heavy atom. The van der Waals surface area contributed by atoms with Gasteiger partial charge in [-0.05, 0) is 47.9 Å². The van der Waals surface area contributed by atoms with Crippen molar-refractivity contribution in [3.63, 3.8) is 0 Å². The number of carbonyl (C=O) groups is 3. The van der Waals surface area contributed by atoms with Crippen molar-refractivity contribution in [2.24, 2.45) is 16.8 Å². The van der Waals surface area contributed by atoms with Gasteiger partial charge < -0.3 is 45.0 Å². The smallest absolute Gasteiger partial charge is 0.407 e. The van der Waals surface area contributed by atoms with Crippen molar-refractivity contribution < 1.29 is 38.4 Å². The fourth-order valence-corrected chi connectivity index (χ4v) is 5.93. The number of nitrogens with one attached hydrogen (secondary N) is 5. The molecule has 2 aromatic carbocycles. The number of nitrogens with zero attached hydrogens (tertiary/aromatic N) is 3. The van der Waals surface area contributed by atoms with Crippen LogP contribution in [0.15, 0.2) is 65.9 Å². The molecule has 302 valence electrons. The number of methoxy groups -OCH3 is 3. The molecule has 3 amide bonds. The Kier molecular flexibility index (Phi) is 15.7. The molecule has 5 N–H and O–H groups in total. The summed E-state index contributed by atoms with van der Waals surface area (Å²) >= 11 is 0. The summed E-state index contributed by atoms with van der Waals surface area (Å²) in [4.78, 5) is 67.8. The average Bonchev–Trinajstić information content (AvgIpc) is 3.90. The second-order valence-electron chi connectivity index (χ2n) is 13.9. The van der Waals surface area contributed by atoms with Gasteiger partial charge in [-0.3, -0.25) is 9.59 Å². The van der Waals surface area contributed by atoms with Crippen molar-refractivity contribution in [3.05, 3.63) is 72.6 Å². The van der Waals surface area contributed by atoms with Gasteiger partial charge in [-0.2, -0.15) is 4.89 Å². The van der Waals surface area contributed by atoms with Gasteiger partial charge in [0.1, 0.15) is 17.7 Å². The molecule has 0 saturated carbocycles. The van der Waals surface area contributed by atoms with E-state index in [0.29, 0.717) is 11.6 Å². The number of hydrogen-bond acceptors (Lipinski definition) is 11. The Balaban J connectivity index is 1.45. The molecule has 6 atom stereocenters. The average molecular weight is 775 g/mol. The van der Waals surface area contributed by atoms with Crippen LogP contribution in [0.4, 0.5) is 4.79 Å². The number of rotatable bonds is 19. The summed E-state index contributed by atoms with van der Waals surface area (Å²) in [5, 5.41) is 8.60. The molecule has 0 aliphatic rings. The van der Waals surface area contributed by atoms with Crippen LogP contribution in [0, 0.1) is 11.8 Å². The fourth-order valence-electron chi connectivity index (χ4n) is 5.93. The van der Waals surface area contributed by atoms with Crippen LogP contribution in [0.5, 0.6) is 0 Å². The van der Waals surface area contributed by atoms with Gasteiger partial charge in [0.05, 0.1) is 62.3 Å². The highest BCUT2D eigenvalue weighted by Crippen LogP contribution is 2.29. The molecule has 0 aliphatic carbocycles. The number of carbonyl (C=O) groups excluding carboxylic acids is 3. The third-order valence-electron chi connectivity index (χ3n) is 9.46. The lowest BCUT2D eigenvalue weighted by molar-refractivity contribution is -0.188. The SMILES string of the molecule is COOC=N[C@H](C(=O)N[C@H](c1ncc(-c2ccc(-c3ccc(-c4cnc([C@@H](NC(=O)[C@@H](NC(=O)OC)[C@@H](C)OC)C(C)C)[nH]4)cc3)cc2)[nH]1)C(C)C)[C@@H](C)OC. The molecule has 0 unspecified atom stereocenters. The number of aromatic amines is 2. The molecular formula is C40H54N8O8. The standard InChI is InChI=1S/C40H54N8O8/c1-22(2)32(46-38(49)34(24(5)52-7)43-21-56-55-10)36-41-19-30(44-36)28-15-11-26(12-16-28)27-13-17-29(18-14-27)31-20-42-37(45-31)33(23(3)4)47-39(50)35(25(6)53-8)48-40(51)54-9/h11-25,32-35H,1-10H3,(H,41,44)(H,42,45)(H,46,49)(H,47,50)(H,48,51)/t24-,25-,32+,33+,34+,35+/m1/s1. The van der Waals surface area contributed by atoms with E-state index in [2.05, 4.69) is 45.8 Å². The largest absolute Gasteiger partial charge is 0.453 e. The highest BCUT2D eigenvalue weighted by Gasteiger charge is 2.32. The molecule has 0 saturated heterocycles. The van der Waals surface area contributed by atoms with Crippen LogP contribution in [0.25, 0.3) is 33.6 Å². The van der Waals surface area contributed by atoms with E-state index in [1.165, 1.54) is 28.4 Å². The second kappa shape index (κ2) is 20.4. The lowest BCUT2D eigenvalue weighted by atomic mass is 10.0. The Bertz CT molecular complexity index is 1890. The normalized spacial score (nSPS) is 14.9. The second-order valence-corrected chi connectivity index (χ2v) is 13.9. The van der Waals surface area contributed by atoms with Crippen molar-refractivity contribution in [2.45, 2.75) is 77.9 Å². The predicted molar refractivity (Wildman–Crippen MR) is 211 cm³/mol. The molecule has 0 fully saturated rings. The van der Waals surface area contributed by atoms with Crippen molar-refractivity contribution in [1.82, 2.24) is 35.9 Å². The minimum atomic E-state index is -0.967. The molecule has 2 heterocycles. The van der Waals surface area contributed by atoms with Crippen molar-refractivity contribution in [1.29, 1.82) is 0 Å². The Morgan fingerprint density at radius 3 is 1.50 bits per heavy atom. The van der Waals surface area contributed by atoms with Crippen LogP contribution < -0.4 is 16.0 Å². The minimum absolute atomic E-state index is 0.0176. The van der Waals surface area contributed by atoms with E-state index in [-0.39, 0.29) is 17.7 Å². The molecule has 2 aromatic heterocycles. The van der Waals surface area contributed by atoms with Crippen molar-refractivity contribution in [2.75, 3.05) is 28.4 Å². The van der Waals surface area contributed by atoms with E-state index < -0.39 is 48.4 Å².